The summed E-state index contributed by atoms with van der Waals surface area (Å²) >= 11 is 1.17. The summed E-state index contributed by atoms with van der Waals surface area (Å²) in [7, 11) is 4.62. The lowest BCUT2D eigenvalue weighted by Crippen LogP contribution is -2.44. The van der Waals surface area contributed by atoms with Gasteiger partial charge in [0.1, 0.15) is 33.5 Å². The number of fused-ring (bicyclic) bond motifs is 1. The largest absolute Gasteiger partial charge is 0.496 e. The quantitative estimate of drug-likeness (QED) is 0.265. The number of thiophene rings is 1. The van der Waals surface area contributed by atoms with E-state index in [9.17, 15) is 18.8 Å². The van der Waals surface area contributed by atoms with Crippen molar-refractivity contribution in [3.05, 3.63) is 68.4 Å². The number of nitrogens with zero attached hydrogens (tertiary/aromatic N) is 6. The van der Waals surface area contributed by atoms with E-state index in [1.54, 1.807) is 14.0 Å². The lowest BCUT2D eigenvalue weighted by molar-refractivity contribution is -0.129. The minimum Gasteiger partial charge on any atom is -0.496 e. The van der Waals surface area contributed by atoms with Crippen LogP contribution < -0.4 is 16.0 Å². The van der Waals surface area contributed by atoms with E-state index in [0.29, 0.717) is 39.7 Å². The Kier molecular flexibility index (Phi) is 7.83. The van der Waals surface area contributed by atoms with Crippen molar-refractivity contribution < 1.29 is 23.4 Å². The van der Waals surface area contributed by atoms with Gasteiger partial charge in [-0.3, -0.25) is 14.2 Å². The molecule has 1 aliphatic rings. The zero-order valence-corrected chi connectivity index (χ0v) is 23.3. The molecule has 4 aromatic rings. The first-order chi connectivity index (χ1) is 19.3. The highest BCUT2D eigenvalue weighted by atomic mass is 32.1. The van der Waals surface area contributed by atoms with Crippen LogP contribution in [0.25, 0.3) is 15.2 Å². The number of methoxy groups -OCH3 is 2. The number of rotatable bonds is 10. The minimum absolute atomic E-state index is 0.0954. The van der Waals surface area contributed by atoms with E-state index in [-0.39, 0.29) is 31.1 Å². The lowest BCUT2D eigenvalue weighted by Gasteiger charge is -2.23. The second kappa shape index (κ2) is 11.3. The monoisotopic (exact) mass is 572 g/mol. The van der Waals surface area contributed by atoms with Crippen LogP contribution in [-0.2, 0) is 20.8 Å². The van der Waals surface area contributed by atoms with Gasteiger partial charge in [0, 0.05) is 31.8 Å². The predicted molar refractivity (Wildman–Crippen MR) is 145 cm³/mol. The Morgan fingerprint density at radius 2 is 1.90 bits per heavy atom. The molecule has 1 aliphatic heterocycles. The minimum atomic E-state index is -0.942. The maximum Gasteiger partial charge on any atom is 0.332 e. The SMILES string of the molecule is COCCO[C@@H](Cn1c(=O)n(C2CCN(C)C2=O)c(=O)c2c(C)c(-n3nccn3)sc21)c1cc(F)ccc1OC. The predicted octanol–water partition coefficient (Wildman–Crippen LogP) is 2.07. The highest BCUT2D eigenvalue weighted by molar-refractivity contribution is 7.21. The summed E-state index contributed by atoms with van der Waals surface area (Å²) in [6, 6.07) is 3.11. The van der Waals surface area contributed by atoms with Crippen LogP contribution in [-0.4, -0.2) is 76.0 Å². The van der Waals surface area contributed by atoms with Gasteiger partial charge in [0.15, 0.2) is 0 Å². The number of hydrogen-bond donors (Lipinski definition) is 0. The van der Waals surface area contributed by atoms with Gasteiger partial charge in [0.2, 0.25) is 5.91 Å². The van der Waals surface area contributed by atoms with E-state index in [1.165, 1.54) is 70.4 Å². The van der Waals surface area contributed by atoms with Gasteiger partial charge in [-0.1, -0.05) is 11.3 Å². The molecule has 1 saturated heterocycles. The van der Waals surface area contributed by atoms with E-state index >= 15 is 0 Å². The molecular formula is C26H29FN6O6S. The van der Waals surface area contributed by atoms with E-state index in [0.717, 1.165) is 4.57 Å². The van der Waals surface area contributed by atoms with Gasteiger partial charge in [-0.2, -0.15) is 10.2 Å². The molecule has 1 fully saturated rings. The van der Waals surface area contributed by atoms with Crippen molar-refractivity contribution in [1.82, 2.24) is 29.0 Å². The van der Waals surface area contributed by atoms with E-state index in [1.807, 2.05) is 0 Å². The van der Waals surface area contributed by atoms with Crippen LogP contribution in [0, 0.1) is 12.7 Å². The van der Waals surface area contributed by atoms with Crippen molar-refractivity contribution in [3.8, 4) is 10.8 Å². The molecule has 212 valence electrons. The van der Waals surface area contributed by atoms with Crippen molar-refractivity contribution in [3.63, 3.8) is 0 Å². The van der Waals surface area contributed by atoms with Crippen LogP contribution in [0.3, 0.4) is 0 Å². The first-order valence-corrected chi connectivity index (χ1v) is 13.4. The number of aryl methyl sites for hydroxylation is 1. The Labute approximate surface area is 232 Å². The number of halogens is 1. The first-order valence-electron chi connectivity index (χ1n) is 12.6. The highest BCUT2D eigenvalue weighted by Gasteiger charge is 2.35. The van der Waals surface area contributed by atoms with Crippen molar-refractivity contribution >= 4 is 27.5 Å². The van der Waals surface area contributed by atoms with Gasteiger partial charge in [0.05, 0.1) is 44.6 Å². The van der Waals surface area contributed by atoms with Crippen LogP contribution in [0.15, 0.2) is 40.2 Å². The van der Waals surface area contributed by atoms with Crippen molar-refractivity contribution in [1.29, 1.82) is 0 Å². The molecule has 14 heteroatoms. The van der Waals surface area contributed by atoms with Gasteiger partial charge in [-0.25, -0.2) is 13.8 Å². The number of hydrogen-bond acceptors (Lipinski definition) is 9. The first kappa shape index (κ1) is 27.7. The summed E-state index contributed by atoms with van der Waals surface area (Å²) in [5, 5.41) is 9.23. The number of carbonyl (C=O) groups excluding carboxylic acids is 1. The van der Waals surface area contributed by atoms with Gasteiger partial charge >= 0.3 is 5.69 Å². The molecule has 0 radical (unpaired) electrons. The van der Waals surface area contributed by atoms with Crippen LogP contribution in [0.5, 0.6) is 5.75 Å². The number of ether oxygens (including phenoxy) is 3. The van der Waals surface area contributed by atoms with Gasteiger partial charge in [-0.15, -0.1) is 4.80 Å². The molecule has 12 nitrogen and oxygen atoms in total. The molecule has 3 aromatic heterocycles. The van der Waals surface area contributed by atoms with Crippen molar-refractivity contribution in [2.75, 3.05) is 41.0 Å². The molecule has 1 aromatic carbocycles. The normalized spacial score (nSPS) is 16.3. The standard InChI is InChI=1S/C26H29FN6O6S/c1-15-21-23(35)32(18-7-10-30(2)22(18)34)26(36)31(25(21)40-24(15)33-28-8-9-29-33)14-20(39-12-11-37-3)17-13-16(27)5-6-19(17)38-4/h5-6,8-9,13,18,20H,7,10-12,14H2,1-4H3/t18?,20-/m0/s1. The number of benzene rings is 1. The Balaban J connectivity index is 1.75. The van der Waals surface area contributed by atoms with Crippen LogP contribution in [0.4, 0.5) is 4.39 Å². The molecule has 0 N–H and O–H groups in total. The smallest absolute Gasteiger partial charge is 0.332 e. The molecule has 0 bridgehead atoms. The van der Waals surface area contributed by atoms with Crippen LogP contribution in [0.1, 0.15) is 29.7 Å². The fourth-order valence-electron chi connectivity index (χ4n) is 4.98. The average molecular weight is 573 g/mol. The molecule has 0 spiro atoms. The summed E-state index contributed by atoms with van der Waals surface area (Å²) in [6.07, 6.45) is 2.48. The summed E-state index contributed by atoms with van der Waals surface area (Å²) < 4.78 is 33.6. The summed E-state index contributed by atoms with van der Waals surface area (Å²) in [6.45, 7) is 2.48. The Hall–Kier alpha value is -3.88. The molecule has 40 heavy (non-hydrogen) atoms. The topological polar surface area (TPSA) is 123 Å². The van der Waals surface area contributed by atoms with E-state index in [4.69, 9.17) is 14.2 Å². The van der Waals surface area contributed by atoms with Crippen LogP contribution in [0.2, 0.25) is 0 Å². The third-order valence-corrected chi connectivity index (χ3v) is 8.30. The maximum absolute atomic E-state index is 14.4. The molecular weight excluding hydrogens is 543 g/mol. The number of aromatic nitrogens is 5. The second-order valence-electron chi connectivity index (χ2n) is 9.40. The lowest BCUT2D eigenvalue weighted by atomic mass is 10.1. The van der Waals surface area contributed by atoms with E-state index in [2.05, 4.69) is 10.2 Å². The Morgan fingerprint density at radius 3 is 2.55 bits per heavy atom. The molecule has 1 amide bonds. The van der Waals surface area contributed by atoms with Crippen LogP contribution >= 0.6 is 11.3 Å². The second-order valence-corrected chi connectivity index (χ2v) is 10.4. The van der Waals surface area contributed by atoms with Crippen molar-refractivity contribution in [2.45, 2.75) is 32.0 Å². The Bertz CT molecular complexity index is 1660. The van der Waals surface area contributed by atoms with E-state index < -0.39 is 29.2 Å². The average Bonchev–Trinajstić information content (AvgIpc) is 3.66. The molecule has 5 rings (SSSR count). The maximum atomic E-state index is 14.4. The number of carbonyl (C=O) groups is 1. The molecule has 2 atom stereocenters. The fraction of sp³-hybridized carbons (Fsp3) is 0.423. The molecule has 0 aliphatic carbocycles. The summed E-state index contributed by atoms with van der Waals surface area (Å²) in [4.78, 5) is 44.2. The fourth-order valence-corrected chi connectivity index (χ4v) is 6.20. The zero-order valence-electron chi connectivity index (χ0n) is 22.5. The summed E-state index contributed by atoms with van der Waals surface area (Å²) in [5.41, 5.74) is -0.265. The summed E-state index contributed by atoms with van der Waals surface area (Å²) in [5.74, 6) is -0.443. The third-order valence-electron chi connectivity index (χ3n) is 7.02. The number of amides is 1. The molecule has 4 heterocycles. The number of likely N-dealkylation sites (tertiary alicyclic amines) is 1. The van der Waals surface area contributed by atoms with Gasteiger partial charge in [-0.05, 0) is 31.5 Å². The zero-order chi connectivity index (χ0) is 28.6. The van der Waals surface area contributed by atoms with Gasteiger partial charge in [0.25, 0.3) is 5.56 Å². The highest BCUT2D eigenvalue weighted by Crippen LogP contribution is 2.34. The van der Waals surface area contributed by atoms with Gasteiger partial charge < -0.3 is 19.1 Å². The molecule has 0 saturated carbocycles. The Morgan fingerprint density at radius 1 is 1.15 bits per heavy atom. The number of likely N-dealkylation sites (N-methyl/N-ethyl adjacent to an activating group) is 1. The molecule has 1 unspecified atom stereocenters. The third kappa shape index (κ3) is 4.82. The van der Waals surface area contributed by atoms with Crippen molar-refractivity contribution in [2.24, 2.45) is 0 Å².